The van der Waals surface area contributed by atoms with Crippen LogP contribution in [0.2, 0.25) is 0 Å². The summed E-state index contributed by atoms with van der Waals surface area (Å²) >= 11 is 6.21. The monoisotopic (exact) mass is 258 g/mol. The van der Waals surface area contributed by atoms with Crippen molar-refractivity contribution in [1.82, 2.24) is 0 Å². The summed E-state index contributed by atoms with van der Waals surface area (Å²) in [4.78, 5) is 0. The zero-order valence-corrected chi connectivity index (χ0v) is 7.07. The number of rotatable bonds is 2. The summed E-state index contributed by atoms with van der Waals surface area (Å²) in [6.07, 6.45) is -2.79. The fourth-order valence-electron chi connectivity index (χ4n) is 0.222. The van der Waals surface area contributed by atoms with E-state index in [9.17, 15) is 22.0 Å². The van der Waals surface area contributed by atoms with Crippen molar-refractivity contribution in [3.63, 3.8) is 0 Å². The van der Waals surface area contributed by atoms with Gasteiger partial charge in [0.2, 0.25) is 5.08 Å². The van der Waals surface area contributed by atoms with Crippen molar-refractivity contribution in [3.05, 3.63) is 11.1 Å². The van der Waals surface area contributed by atoms with E-state index in [1.54, 1.807) is 15.9 Å². The molecule has 0 aromatic rings. The molecule has 0 nitrogen and oxygen atoms in total. The molecule has 0 aromatic heterocycles. The minimum atomic E-state index is -4.37. The summed E-state index contributed by atoms with van der Waals surface area (Å²) < 4.78 is 58.7. The van der Waals surface area contributed by atoms with Crippen molar-refractivity contribution in [2.45, 2.75) is 11.0 Å². The molecule has 0 aromatic carbocycles. The lowest BCUT2D eigenvalue weighted by Gasteiger charge is -2.13. The van der Waals surface area contributed by atoms with Gasteiger partial charge in [-0.1, -0.05) is 11.6 Å². The third-order valence-electron chi connectivity index (χ3n) is 0.733. The van der Waals surface area contributed by atoms with E-state index in [-0.39, 0.29) is 0 Å². The average molecular weight is 259 g/mol. The molecule has 66 valence electrons. The molecule has 0 spiro atoms. The Morgan fingerprint density at radius 3 is 1.82 bits per heavy atom. The predicted molar refractivity (Wildman–Crippen MR) is 33.9 cm³/mol. The van der Waals surface area contributed by atoms with Gasteiger partial charge in [-0.15, -0.1) is 0 Å². The van der Waals surface area contributed by atoms with Crippen molar-refractivity contribution in [3.8, 4) is 0 Å². The van der Waals surface area contributed by atoms with E-state index in [4.69, 9.17) is 0 Å². The van der Waals surface area contributed by atoms with E-state index < -0.39 is 22.1 Å². The van der Waals surface area contributed by atoms with E-state index in [0.29, 0.717) is 0 Å². The Bertz CT molecular complexity index is 173. The highest BCUT2D eigenvalue weighted by molar-refractivity contribution is 9.09. The molecular weight excluding hydrogens is 258 g/mol. The normalized spacial score (nSPS) is 14.5. The molecule has 0 bridgehead atoms. The molecule has 0 saturated carbocycles. The summed E-state index contributed by atoms with van der Waals surface area (Å²) in [6, 6.07) is 0. The number of allylic oxidation sites excluding steroid dienone is 1. The summed E-state index contributed by atoms with van der Waals surface area (Å²) in [5.41, 5.74) is 0. The smallest absolute Gasteiger partial charge is 0.228 e. The highest BCUT2D eigenvalue weighted by atomic mass is 79.9. The fourth-order valence-corrected chi connectivity index (χ4v) is 0.678. The second-order valence-electron chi connectivity index (χ2n) is 1.50. The number of halogens is 7. The van der Waals surface area contributed by atoms with E-state index in [1.807, 2.05) is 0 Å². The van der Waals surface area contributed by atoms with Crippen LogP contribution >= 0.6 is 27.5 Å². The average Bonchev–Trinajstić information content (AvgIpc) is 1.85. The van der Waals surface area contributed by atoms with Gasteiger partial charge in [-0.3, -0.25) is 0 Å². The van der Waals surface area contributed by atoms with Gasteiger partial charge >= 0.3 is 5.92 Å². The molecule has 0 radical (unpaired) electrons. The van der Waals surface area contributed by atoms with E-state index in [1.165, 1.54) is 0 Å². The topological polar surface area (TPSA) is 0 Å². The van der Waals surface area contributed by atoms with Crippen LogP contribution in [0.25, 0.3) is 0 Å². The van der Waals surface area contributed by atoms with Crippen LogP contribution in [0.3, 0.4) is 0 Å². The number of alkyl halides is 4. The Morgan fingerprint density at radius 1 is 1.36 bits per heavy atom. The molecule has 0 aliphatic rings. The quantitative estimate of drug-likeness (QED) is 0.524. The van der Waals surface area contributed by atoms with Crippen LogP contribution in [0.4, 0.5) is 22.0 Å². The minimum absolute atomic E-state index is 1.80. The second kappa shape index (κ2) is 3.71. The van der Waals surface area contributed by atoms with Gasteiger partial charge in [0.05, 0.1) is 0 Å². The van der Waals surface area contributed by atoms with Gasteiger partial charge in [0.1, 0.15) is 0 Å². The first kappa shape index (κ1) is 11.2. The van der Waals surface area contributed by atoms with Gasteiger partial charge in [-0.25, -0.2) is 4.39 Å². The third kappa shape index (κ3) is 2.59. The van der Waals surface area contributed by atoms with E-state index in [2.05, 4.69) is 11.6 Å². The summed E-state index contributed by atoms with van der Waals surface area (Å²) in [7, 11) is 0. The van der Waals surface area contributed by atoms with Gasteiger partial charge < -0.3 is 0 Å². The molecule has 0 aliphatic heterocycles. The highest BCUT2D eigenvalue weighted by Gasteiger charge is 2.44. The largest absolute Gasteiger partial charge is 0.329 e. The van der Waals surface area contributed by atoms with Crippen molar-refractivity contribution in [2.24, 2.45) is 0 Å². The van der Waals surface area contributed by atoms with Crippen molar-refractivity contribution in [1.29, 1.82) is 0 Å². The first-order chi connectivity index (χ1) is 4.80. The maximum absolute atomic E-state index is 12.1. The van der Waals surface area contributed by atoms with E-state index >= 15 is 0 Å². The Balaban J connectivity index is 4.70. The first-order valence-electron chi connectivity index (χ1n) is 2.17. The maximum atomic E-state index is 12.1. The lowest BCUT2D eigenvalue weighted by atomic mass is 10.3. The molecular formula is C4HBrClF5. The standard InChI is InChI=1S/C4HBrClF5/c5-3(9)4(10,11)1(6)2(7)8/h3H. The Labute approximate surface area is 72.1 Å². The lowest BCUT2D eigenvalue weighted by Crippen LogP contribution is -2.25. The van der Waals surface area contributed by atoms with Crippen LogP contribution in [0.5, 0.6) is 0 Å². The van der Waals surface area contributed by atoms with Crippen LogP contribution in [-0.4, -0.2) is 11.0 Å². The molecule has 0 saturated heterocycles. The molecule has 7 heteroatoms. The fraction of sp³-hybridized carbons (Fsp3) is 0.500. The first-order valence-corrected chi connectivity index (χ1v) is 3.46. The summed E-state index contributed by atoms with van der Waals surface area (Å²) in [5.74, 6) is -4.37. The highest BCUT2D eigenvalue weighted by Crippen LogP contribution is 2.37. The molecule has 1 unspecified atom stereocenters. The molecule has 0 amide bonds. The molecule has 11 heavy (non-hydrogen) atoms. The Hall–Kier alpha value is 0.160. The van der Waals surface area contributed by atoms with Crippen molar-refractivity contribution >= 4 is 27.5 Å². The minimum Gasteiger partial charge on any atom is -0.228 e. The molecule has 0 N–H and O–H groups in total. The zero-order valence-electron chi connectivity index (χ0n) is 4.72. The molecule has 0 aliphatic carbocycles. The van der Waals surface area contributed by atoms with Crippen LogP contribution < -0.4 is 0 Å². The molecule has 0 rings (SSSR count). The Morgan fingerprint density at radius 2 is 1.73 bits per heavy atom. The van der Waals surface area contributed by atoms with Crippen LogP contribution in [0.15, 0.2) is 11.1 Å². The SMILES string of the molecule is FC(F)=C(Cl)C(F)(F)C(F)Br. The van der Waals surface area contributed by atoms with E-state index in [0.717, 1.165) is 0 Å². The number of hydrogen-bond donors (Lipinski definition) is 0. The van der Waals surface area contributed by atoms with Crippen LogP contribution in [0, 0.1) is 0 Å². The van der Waals surface area contributed by atoms with Gasteiger partial charge in [0.25, 0.3) is 6.08 Å². The summed E-state index contributed by atoms with van der Waals surface area (Å²) in [6.45, 7) is 0. The molecule has 1 atom stereocenters. The van der Waals surface area contributed by atoms with Crippen molar-refractivity contribution < 1.29 is 22.0 Å². The third-order valence-corrected chi connectivity index (χ3v) is 1.70. The van der Waals surface area contributed by atoms with Gasteiger partial charge in [-0.2, -0.15) is 17.6 Å². The lowest BCUT2D eigenvalue weighted by molar-refractivity contribution is 0.00576. The van der Waals surface area contributed by atoms with Gasteiger partial charge in [0.15, 0.2) is 5.03 Å². The van der Waals surface area contributed by atoms with Gasteiger partial charge in [0, 0.05) is 0 Å². The van der Waals surface area contributed by atoms with Crippen LogP contribution in [-0.2, 0) is 0 Å². The van der Waals surface area contributed by atoms with Gasteiger partial charge in [-0.05, 0) is 15.9 Å². The zero-order chi connectivity index (χ0) is 9.23. The van der Waals surface area contributed by atoms with Crippen molar-refractivity contribution in [2.75, 3.05) is 0 Å². The number of hydrogen-bond acceptors (Lipinski definition) is 0. The second-order valence-corrected chi connectivity index (χ2v) is 2.68. The molecule has 0 fully saturated rings. The predicted octanol–water partition coefficient (Wildman–Crippen LogP) is 3.66. The maximum Gasteiger partial charge on any atom is 0.329 e. The molecule has 0 heterocycles. The Kier molecular flexibility index (Phi) is 3.76. The summed E-state index contributed by atoms with van der Waals surface area (Å²) in [5, 5.41) is -4.99. The van der Waals surface area contributed by atoms with Crippen LogP contribution in [0.1, 0.15) is 0 Å².